The Labute approximate surface area is 120 Å². The van der Waals surface area contributed by atoms with Crippen LogP contribution < -0.4 is 10.6 Å². The van der Waals surface area contributed by atoms with Gasteiger partial charge in [-0.2, -0.15) is 0 Å². The fraction of sp³-hybridized carbons (Fsp3) is 0.600. The quantitative estimate of drug-likeness (QED) is 0.715. The van der Waals surface area contributed by atoms with Crippen LogP contribution in [0.5, 0.6) is 0 Å². The van der Waals surface area contributed by atoms with E-state index in [2.05, 4.69) is 29.5 Å². The van der Waals surface area contributed by atoms with Gasteiger partial charge in [0.2, 0.25) is 0 Å². The molecule has 1 aromatic heterocycles. The number of nitrogens with zero attached hydrogens (tertiary/aromatic N) is 1. The summed E-state index contributed by atoms with van der Waals surface area (Å²) in [5, 5.41) is 15.6. The predicted molar refractivity (Wildman–Crippen MR) is 79.2 cm³/mol. The Morgan fingerprint density at radius 1 is 1.45 bits per heavy atom. The van der Waals surface area contributed by atoms with Crippen LogP contribution in [0.3, 0.4) is 0 Å². The molecule has 0 radical (unpaired) electrons. The highest BCUT2D eigenvalue weighted by Crippen LogP contribution is 2.15. The van der Waals surface area contributed by atoms with Gasteiger partial charge in [0.05, 0.1) is 5.60 Å². The van der Waals surface area contributed by atoms with Crippen LogP contribution in [0.1, 0.15) is 39.2 Å². The first-order valence-corrected chi connectivity index (χ1v) is 7.02. The van der Waals surface area contributed by atoms with Crippen LogP contribution in [-0.4, -0.2) is 28.3 Å². The molecular formula is C15H25N3O2. The number of aromatic nitrogens is 1. The molecule has 0 saturated heterocycles. The van der Waals surface area contributed by atoms with E-state index in [1.807, 2.05) is 12.1 Å². The number of nitrogens with one attached hydrogen (secondary N) is 2. The van der Waals surface area contributed by atoms with Crippen LogP contribution in [-0.2, 0) is 6.54 Å². The maximum Gasteiger partial charge on any atom is 0.315 e. The van der Waals surface area contributed by atoms with E-state index in [1.54, 1.807) is 19.3 Å². The maximum absolute atomic E-state index is 11.6. The summed E-state index contributed by atoms with van der Waals surface area (Å²) < 4.78 is 0. The number of aliphatic hydroxyl groups is 1. The molecule has 0 bridgehead atoms. The average molecular weight is 279 g/mol. The SMILES string of the molecule is CC(C)CCC(C)(O)CNC(=O)NCc1cccnc1. The number of hydrogen-bond donors (Lipinski definition) is 3. The minimum absolute atomic E-state index is 0.249. The minimum atomic E-state index is -0.865. The summed E-state index contributed by atoms with van der Waals surface area (Å²) in [6, 6.07) is 3.44. The Hall–Kier alpha value is -1.62. The van der Waals surface area contributed by atoms with Crippen LogP contribution in [0.25, 0.3) is 0 Å². The van der Waals surface area contributed by atoms with Crippen molar-refractivity contribution in [3.05, 3.63) is 30.1 Å². The van der Waals surface area contributed by atoms with Crippen molar-refractivity contribution < 1.29 is 9.90 Å². The Morgan fingerprint density at radius 3 is 2.80 bits per heavy atom. The zero-order chi connectivity index (χ0) is 15.0. The number of hydrogen-bond acceptors (Lipinski definition) is 3. The number of carbonyl (C=O) groups is 1. The third kappa shape index (κ3) is 7.09. The molecule has 2 amide bonds. The highest BCUT2D eigenvalue weighted by molar-refractivity contribution is 5.73. The first-order chi connectivity index (χ1) is 9.39. The summed E-state index contributed by atoms with van der Waals surface area (Å²) in [6.45, 7) is 6.65. The summed E-state index contributed by atoms with van der Waals surface area (Å²) in [7, 11) is 0. The number of pyridine rings is 1. The molecule has 0 aliphatic carbocycles. The maximum atomic E-state index is 11.6. The van der Waals surface area contributed by atoms with Gasteiger partial charge in [-0.25, -0.2) is 4.79 Å². The molecule has 3 N–H and O–H groups in total. The molecule has 20 heavy (non-hydrogen) atoms. The van der Waals surface area contributed by atoms with E-state index in [-0.39, 0.29) is 12.6 Å². The number of carbonyl (C=O) groups excluding carboxylic acids is 1. The largest absolute Gasteiger partial charge is 0.388 e. The number of amides is 2. The number of rotatable bonds is 7. The summed E-state index contributed by atoms with van der Waals surface area (Å²) in [5.41, 5.74) is 0.0739. The number of urea groups is 1. The zero-order valence-electron chi connectivity index (χ0n) is 12.5. The molecule has 5 heteroatoms. The normalized spacial score (nSPS) is 13.8. The van der Waals surface area contributed by atoms with E-state index in [0.717, 1.165) is 12.0 Å². The monoisotopic (exact) mass is 279 g/mol. The average Bonchev–Trinajstić information content (AvgIpc) is 2.42. The second-order valence-corrected chi connectivity index (χ2v) is 5.83. The molecule has 1 rings (SSSR count). The molecular weight excluding hydrogens is 254 g/mol. The fourth-order valence-electron chi connectivity index (χ4n) is 1.71. The van der Waals surface area contributed by atoms with E-state index < -0.39 is 5.60 Å². The van der Waals surface area contributed by atoms with Gasteiger partial charge in [-0.15, -0.1) is 0 Å². The van der Waals surface area contributed by atoms with Crippen LogP contribution in [0, 0.1) is 5.92 Å². The second-order valence-electron chi connectivity index (χ2n) is 5.83. The van der Waals surface area contributed by atoms with Crippen LogP contribution in [0.2, 0.25) is 0 Å². The van der Waals surface area contributed by atoms with Gasteiger partial charge >= 0.3 is 6.03 Å². The molecule has 1 unspecified atom stereocenters. The van der Waals surface area contributed by atoms with Crippen molar-refractivity contribution in [2.45, 2.75) is 45.8 Å². The lowest BCUT2D eigenvalue weighted by molar-refractivity contribution is 0.0476. The molecule has 0 aliphatic rings. The molecule has 1 aromatic rings. The smallest absolute Gasteiger partial charge is 0.315 e. The highest BCUT2D eigenvalue weighted by Gasteiger charge is 2.21. The van der Waals surface area contributed by atoms with E-state index in [4.69, 9.17) is 0 Å². The van der Waals surface area contributed by atoms with E-state index >= 15 is 0 Å². The van der Waals surface area contributed by atoms with Crippen molar-refractivity contribution in [2.75, 3.05) is 6.54 Å². The van der Waals surface area contributed by atoms with Crippen molar-refractivity contribution in [2.24, 2.45) is 5.92 Å². The van der Waals surface area contributed by atoms with Crippen molar-refractivity contribution in [1.82, 2.24) is 15.6 Å². The van der Waals surface area contributed by atoms with E-state index in [9.17, 15) is 9.90 Å². The van der Waals surface area contributed by atoms with Gasteiger partial charge < -0.3 is 15.7 Å². The van der Waals surface area contributed by atoms with Gasteiger partial charge in [0.15, 0.2) is 0 Å². The molecule has 0 fully saturated rings. The second kappa shape index (κ2) is 7.85. The van der Waals surface area contributed by atoms with Crippen molar-refractivity contribution in [3.8, 4) is 0 Å². The Morgan fingerprint density at radius 2 is 2.20 bits per heavy atom. The first-order valence-electron chi connectivity index (χ1n) is 7.02. The molecule has 0 saturated carbocycles. The van der Waals surface area contributed by atoms with Gasteiger partial charge in [0.25, 0.3) is 0 Å². The van der Waals surface area contributed by atoms with E-state index in [0.29, 0.717) is 18.9 Å². The minimum Gasteiger partial charge on any atom is -0.388 e. The molecule has 0 aromatic carbocycles. The zero-order valence-corrected chi connectivity index (χ0v) is 12.5. The lowest BCUT2D eigenvalue weighted by Gasteiger charge is -2.24. The molecule has 1 atom stereocenters. The van der Waals surface area contributed by atoms with Crippen LogP contribution >= 0.6 is 0 Å². The Bertz CT molecular complexity index is 405. The summed E-state index contributed by atoms with van der Waals surface area (Å²) in [6.07, 6.45) is 5.01. The van der Waals surface area contributed by atoms with Crippen LogP contribution in [0.15, 0.2) is 24.5 Å². The molecule has 112 valence electrons. The Balaban J connectivity index is 2.25. The topological polar surface area (TPSA) is 74.2 Å². The fourth-order valence-corrected chi connectivity index (χ4v) is 1.71. The summed E-state index contributed by atoms with van der Waals surface area (Å²) >= 11 is 0. The summed E-state index contributed by atoms with van der Waals surface area (Å²) in [5.74, 6) is 0.542. The van der Waals surface area contributed by atoms with Gasteiger partial charge in [-0.1, -0.05) is 19.9 Å². The lowest BCUT2D eigenvalue weighted by atomic mass is 9.95. The molecule has 0 aliphatic heterocycles. The highest BCUT2D eigenvalue weighted by atomic mass is 16.3. The predicted octanol–water partition coefficient (Wildman–Crippen LogP) is 2.07. The van der Waals surface area contributed by atoms with Crippen molar-refractivity contribution >= 4 is 6.03 Å². The van der Waals surface area contributed by atoms with Crippen molar-refractivity contribution in [3.63, 3.8) is 0 Å². The molecule has 5 nitrogen and oxygen atoms in total. The van der Waals surface area contributed by atoms with Gasteiger partial charge in [-0.3, -0.25) is 4.98 Å². The van der Waals surface area contributed by atoms with Gasteiger partial charge in [0, 0.05) is 25.5 Å². The summed E-state index contributed by atoms with van der Waals surface area (Å²) in [4.78, 5) is 15.6. The standard InChI is InChI=1S/C15H25N3O2/c1-12(2)6-7-15(3,20)11-18-14(19)17-10-13-5-4-8-16-9-13/h4-5,8-9,12,20H,6-7,10-11H2,1-3H3,(H2,17,18,19). The third-order valence-electron chi connectivity index (χ3n) is 3.07. The molecule has 0 spiro atoms. The Kier molecular flexibility index (Phi) is 6.45. The van der Waals surface area contributed by atoms with Crippen LogP contribution in [0.4, 0.5) is 4.79 Å². The first kappa shape index (κ1) is 16.4. The van der Waals surface area contributed by atoms with Gasteiger partial charge in [-0.05, 0) is 37.3 Å². The van der Waals surface area contributed by atoms with E-state index in [1.165, 1.54) is 0 Å². The lowest BCUT2D eigenvalue weighted by Crippen LogP contribution is -2.44. The molecule has 1 heterocycles. The van der Waals surface area contributed by atoms with Gasteiger partial charge in [0.1, 0.15) is 0 Å². The third-order valence-corrected chi connectivity index (χ3v) is 3.07. The van der Waals surface area contributed by atoms with Crippen molar-refractivity contribution in [1.29, 1.82) is 0 Å².